The summed E-state index contributed by atoms with van der Waals surface area (Å²) in [5.41, 5.74) is 1.60. The molecule has 18 heavy (non-hydrogen) atoms. The first-order valence-corrected chi connectivity index (χ1v) is 5.29. The molecule has 7 nitrogen and oxygen atoms in total. The van der Waals surface area contributed by atoms with E-state index in [0.717, 1.165) is 16.5 Å². The highest BCUT2D eigenvalue weighted by atomic mass is 16.4. The minimum Gasteiger partial charge on any atom is -0.480 e. The smallest absolute Gasteiger partial charge is 0.323 e. The van der Waals surface area contributed by atoms with Crippen LogP contribution in [0.25, 0.3) is 22.3 Å². The normalized spacial score (nSPS) is 10.9. The highest BCUT2D eigenvalue weighted by molar-refractivity contribution is 5.94. The van der Waals surface area contributed by atoms with Crippen LogP contribution in [0.5, 0.6) is 0 Å². The van der Waals surface area contributed by atoms with Crippen LogP contribution in [-0.4, -0.2) is 36.3 Å². The summed E-state index contributed by atoms with van der Waals surface area (Å²) in [7, 11) is 0. The fourth-order valence-corrected chi connectivity index (χ4v) is 1.98. The monoisotopic (exact) mass is 243 g/mol. The van der Waals surface area contributed by atoms with Gasteiger partial charge in [0, 0.05) is 22.7 Å². The summed E-state index contributed by atoms with van der Waals surface area (Å²) >= 11 is 0. The Morgan fingerprint density at radius 1 is 1.39 bits per heavy atom. The first-order chi connectivity index (χ1) is 8.75. The Balaban J connectivity index is 2.24. The van der Waals surface area contributed by atoms with Crippen LogP contribution in [-0.2, 0) is 11.3 Å². The van der Waals surface area contributed by atoms with Crippen LogP contribution < -0.4 is 0 Å². The number of hydrogen-bond acceptors (Lipinski definition) is 4. The standard InChI is InChI=1S/C11H9N5O2/c17-10(18)6-16-5-8(11-12-14-15-13-11)7-3-1-2-4-9(7)16/h1-5H,6H2,(H,17,18)(H,12,13,14,15). The minimum absolute atomic E-state index is 0.0988. The van der Waals surface area contributed by atoms with Crippen LogP contribution >= 0.6 is 0 Å². The van der Waals surface area contributed by atoms with Gasteiger partial charge in [0.15, 0.2) is 0 Å². The maximum absolute atomic E-state index is 10.8. The number of carbonyl (C=O) groups is 1. The fraction of sp³-hybridized carbons (Fsp3) is 0.0909. The summed E-state index contributed by atoms with van der Waals surface area (Å²) in [6.45, 7) is -0.0988. The van der Waals surface area contributed by atoms with Gasteiger partial charge in [0.25, 0.3) is 0 Å². The zero-order valence-corrected chi connectivity index (χ0v) is 9.24. The molecule has 0 radical (unpaired) electrons. The number of carboxylic acids is 1. The molecule has 7 heteroatoms. The maximum Gasteiger partial charge on any atom is 0.323 e. The molecule has 3 rings (SSSR count). The Hall–Kier alpha value is -2.70. The van der Waals surface area contributed by atoms with Crippen molar-refractivity contribution < 1.29 is 9.90 Å². The molecular formula is C11H9N5O2. The van der Waals surface area contributed by atoms with E-state index >= 15 is 0 Å². The lowest BCUT2D eigenvalue weighted by molar-refractivity contribution is -0.137. The average molecular weight is 243 g/mol. The van der Waals surface area contributed by atoms with Crippen molar-refractivity contribution in [2.24, 2.45) is 0 Å². The first kappa shape index (κ1) is 10.5. The molecule has 0 atom stereocenters. The topological polar surface area (TPSA) is 96.7 Å². The third kappa shape index (κ3) is 1.61. The van der Waals surface area contributed by atoms with Gasteiger partial charge in [-0.2, -0.15) is 5.21 Å². The third-order valence-corrected chi connectivity index (χ3v) is 2.68. The van der Waals surface area contributed by atoms with E-state index in [4.69, 9.17) is 5.11 Å². The van der Waals surface area contributed by atoms with Crippen LogP contribution in [0.3, 0.4) is 0 Å². The van der Waals surface area contributed by atoms with Crippen molar-refractivity contribution in [2.45, 2.75) is 6.54 Å². The Labute approximate surface area is 101 Å². The van der Waals surface area contributed by atoms with Gasteiger partial charge in [0.2, 0.25) is 5.82 Å². The summed E-state index contributed by atoms with van der Waals surface area (Å²) in [5.74, 6) is -0.439. The zero-order valence-electron chi connectivity index (χ0n) is 9.24. The number of rotatable bonds is 3. The fourth-order valence-electron chi connectivity index (χ4n) is 1.98. The number of aromatic amines is 1. The number of aromatic nitrogens is 5. The molecule has 0 spiro atoms. The number of para-hydroxylation sites is 1. The molecule has 0 saturated heterocycles. The number of fused-ring (bicyclic) bond motifs is 1. The van der Waals surface area contributed by atoms with E-state index < -0.39 is 5.97 Å². The molecule has 0 fully saturated rings. The van der Waals surface area contributed by atoms with Gasteiger partial charge in [-0.15, -0.1) is 10.2 Å². The third-order valence-electron chi connectivity index (χ3n) is 2.68. The van der Waals surface area contributed by atoms with Crippen LogP contribution in [0, 0.1) is 0 Å². The van der Waals surface area contributed by atoms with Crippen molar-refractivity contribution >= 4 is 16.9 Å². The molecule has 0 saturated carbocycles. The molecule has 2 aromatic heterocycles. The van der Waals surface area contributed by atoms with Crippen LogP contribution in [0.4, 0.5) is 0 Å². The minimum atomic E-state index is -0.893. The van der Waals surface area contributed by atoms with Gasteiger partial charge in [0.05, 0.1) is 0 Å². The van der Waals surface area contributed by atoms with Crippen molar-refractivity contribution in [3.63, 3.8) is 0 Å². The molecule has 3 aromatic rings. The van der Waals surface area contributed by atoms with Crippen LogP contribution in [0.15, 0.2) is 30.5 Å². The summed E-state index contributed by atoms with van der Waals surface area (Å²) < 4.78 is 1.66. The summed E-state index contributed by atoms with van der Waals surface area (Å²) in [4.78, 5) is 10.8. The van der Waals surface area contributed by atoms with E-state index in [1.165, 1.54) is 0 Å². The lowest BCUT2D eigenvalue weighted by atomic mass is 10.2. The SMILES string of the molecule is O=C(O)Cn1cc(-c2nn[nH]n2)c2ccccc21. The van der Waals surface area contributed by atoms with Gasteiger partial charge in [-0.05, 0) is 11.3 Å². The van der Waals surface area contributed by atoms with E-state index in [2.05, 4.69) is 20.6 Å². The number of nitrogens with one attached hydrogen (secondary N) is 1. The summed E-state index contributed by atoms with van der Waals surface area (Å²) in [5, 5.41) is 23.5. The van der Waals surface area contributed by atoms with Gasteiger partial charge < -0.3 is 9.67 Å². The Morgan fingerprint density at radius 2 is 2.22 bits per heavy atom. The molecule has 90 valence electrons. The van der Waals surface area contributed by atoms with E-state index in [0.29, 0.717) is 5.82 Å². The van der Waals surface area contributed by atoms with Gasteiger partial charge in [-0.1, -0.05) is 18.2 Å². The van der Waals surface area contributed by atoms with Crippen molar-refractivity contribution in [3.8, 4) is 11.4 Å². The Kier molecular flexibility index (Phi) is 2.30. The van der Waals surface area contributed by atoms with Gasteiger partial charge >= 0.3 is 5.97 Å². The molecule has 0 amide bonds. The van der Waals surface area contributed by atoms with E-state index in [-0.39, 0.29) is 6.54 Å². The van der Waals surface area contributed by atoms with Crippen molar-refractivity contribution in [1.29, 1.82) is 0 Å². The number of H-pyrrole nitrogens is 1. The predicted octanol–water partition coefficient (Wildman–Crippen LogP) is 0.906. The Bertz CT molecular complexity index is 701. The largest absolute Gasteiger partial charge is 0.480 e. The average Bonchev–Trinajstić information content (AvgIpc) is 2.96. The number of carboxylic acid groups (broad SMARTS) is 1. The lowest BCUT2D eigenvalue weighted by Gasteiger charge is -1.99. The Morgan fingerprint density at radius 3 is 2.94 bits per heavy atom. The zero-order chi connectivity index (χ0) is 12.5. The molecular weight excluding hydrogens is 234 g/mol. The first-order valence-electron chi connectivity index (χ1n) is 5.29. The van der Waals surface area contributed by atoms with Crippen molar-refractivity contribution in [2.75, 3.05) is 0 Å². The number of benzene rings is 1. The van der Waals surface area contributed by atoms with Gasteiger partial charge in [-0.3, -0.25) is 4.79 Å². The molecule has 2 heterocycles. The molecule has 1 aromatic carbocycles. The molecule has 0 unspecified atom stereocenters. The van der Waals surface area contributed by atoms with Crippen molar-refractivity contribution in [1.82, 2.24) is 25.2 Å². The number of aliphatic carboxylic acids is 1. The van der Waals surface area contributed by atoms with E-state index in [1.807, 2.05) is 24.3 Å². The van der Waals surface area contributed by atoms with E-state index in [1.54, 1.807) is 10.8 Å². The van der Waals surface area contributed by atoms with Crippen LogP contribution in [0.2, 0.25) is 0 Å². The second-order valence-electron chi connectivity index (χ2n) is 3.82. The maximum atomic E-state index is 10.8. The highest BCUT2D eigenvalue weighted by Crippen LogP contribution is 2.27. The number of nitrogens with zero attached hydrogens (tertiary/aromatic N) is 4. The van der Waals surface area contributed by atoms with Gasteiger partial charge in [0.1, 0.15) is 6.54 Å². The predicted molar refractivity (Wildman–Crippen MR) is 62.7 cm³/mol. The number of hydrogen-bond donors (Lipinski definition) is 2. The quantitative estimate of drug-likeness (QED) is 0.712. The molecule has 0 aliphatic carbocycles. The molecule has 2 N–H and O–H groups in total. The molecule has 0 bridgehead atoms. The highest BCUT2D eigenvalue weighted by Gasteiger charge is 2.14. The van der Waals surface area contributed by atoms with E-state index in [9.17, 15) is 4.79 Å². The summed E-state index contributed by atoms with van der Waals surface area (Å²) in [6.07, 6.45) is 1.73. The van der Waals surface area contributed by atoms with Crippen molar-refractivity contribution in [3.05, 3.63) is 30.5 Å². The summed E-state index contributed by atoms with van der Waals surface area (Å²) in [6, 6.07) is 7.51. The number of tetrazole rings is 1. The second-order valence-corrected chi connectivity index (χ2v) is 3.82. The second kappa shape index (κ2) is 3.95. The van der Waals surface area contributed by atoms with Crippen LogP contribution in [0.1, 0.15) is 0 Å². The van der Waals surface area contributed by atoms with Gasteiger partial charge in [-0.25, -0.2) is 0 Å². The molecule has 0 aliphatic heterocycles. The lowest BCUT2D eigenvalue weighted by Crippen LogP contribution is -2.07. The molecule has 0 aliphatic rings.